The SMILES string of the molecule is COC(=O)NC(C(=O)NC(Cc1ccccc1)CC(O)C(Cc1ccc(-c2cccc(OC)n2)cc1)NC(=O)C(NC(=O)OC)C(C)(C)C)C(C)(C)C. The monoisotopic (exact) mass is 733 g/mol. The third kappa shape index (κ3) is 13.1. The first-order chi connectivity index (χ1) is 24.9. The highest BCUT2D eigenvalue weighted by Crippen LogP contribution is 2.24. The summed E-state index contributed by atoms with van der Waals surface area (Å²) in [6, 6.07) is 19.2. The van der Waals surface area contributed by atoms with Crippen molar-refractivity contribution in [3.63, 3.8) is 0 Å². The third-order valence-electron chi connectivity index (χ3n) is 8.78. The predicted octanol–water partition coefficient (Wildman–Crippen LogP) is 4.80. The van der Waals surface area contributed by atoms with Gasteiger partial charge in [0.15, 0.2) is 0 Å². The number of nitrogens with zero attached hydrogens (tertiary/aromatic N) is 1. The molecule has 3 rings (SSSR count). The molecule has 0 spiro atoms. The molecule has 5 atom stereocenters. The van der Waals surface area contributed by atoms with Crippen LogP contribution in [0, 0.1) is 10.8 Å². The first-order valence-corrected chi connectivity index (χ1v) is 17.6. The number of rotatable bonds is 15. The Morgan fingerprint density at radius 2 is 1.19 bits per heavy atom. The van der Waals surface area contributed by atoms with Gasteiger partial charge in [0.2, 0.25) is 17.7 Å². The van der Waals surface area contributed by atoms with Crippen LogP contribution in [0.15, 0.2) is 72.8 Å². The van der Waals surface area contributed by atoms with Gasteiger partial charge in [-0.25, -0.2) is 14.6 Å². The Hall–Kier alpha value is -5.17. The van der Waals surface area contributed by atoms with Crippen LogP contribution in [0.1, 0.15) is 59.1 Å². The van der Waals surface area contributed by atoms with Crippen LogP contribution in [0.25, 0.3) is 11.3 Å². The van der Waals surface area contributed by atoms with E-state index >= 15 is 0 Å². The van der Waals surface area contributed by atoms with Gasteiger partial charge in [0.05, 0.1) is 39.2 Å². The van der Waals surface area contributed by atoms with Gasteiger partial charge in [-0.05, 0) is 47.3 Å². The van der Waals surface area contributed by atoms with Gasteiger partial charge in [-0.1, -0.05) is 102 Å². The van der Waals surface area contributed by atoms with Crippen molar-refractivity contribution in [1.29, 1.82) is 0 Å². The number of carbonyl (C=O) groups excluding carboxylic acids is 4. The van der Waals surface area contributed by atoms with E-state index in [0.29, 0.717) is 12.3 Å². The minimum absolute atomic E-state index is 0.0388. The van der Waals surface area contributed by atoms with E-state index in [1.807, 2.05) is 108 Å². The quantitative estimate of drug-likeness (QED) is 0.147. The molecule has 5 N–H and O–H groups in total. The summed E-state index contributed by atoms with van der Waals surface area (Å²) in [6.07, 6.45) is -2.07. The maximum absolute atomic E-state index is 13.9. The van der Waals surface area contributed by atoms with Crippen LogP contribution in [-0.2, 0) is 31.9 Å². The minimum Gasteiger partial charge on any atom is -0.481 e. The number of hydrogen-bond acceptors (Lipinski definition) is 9. The van der Waals surface area contributed by atoms with E-state index < -0.39 is 65.1 Å². The van der Waals surface area contributed by atoms with Crippen molar-refractivity contribution in [2.75, 3.05) is 21.3 Å². The summed E-state index contributed by atoms with van der Waals surface area (Å²) in [7, 11) is 4.00. The molecule has 1 heterocycles. The number of aliphatic hydroxyl groups excluding tert-OH is 1. The summed E-state index contributed by atoms with van der Waals surface area (Å²) in [6.45, 7) is 10.9. The summed E-state index contributed by atoms with van der Waals surface area (Å²) in [5.41, 5.74) is 1.91. The highest BCUT2D eigenvalue weighted by atomic mass is 16.5. The fraction of sp³-hybridized carbons (Fsp3) is 0.475. The second kappa shape index (κ2) is 19.1. The van der Waals surface area contributed by atoms with Gasteiger partial charge in [-0.15, -0.1) is 0 Å². The number of hydrogen-bond donors (Lipinski definition) is 5. The average Bonchev–Trinajstić information content (AvgIpc) is 3.11. The third-order valence-corrected chi connectivity index (χ3v) is 8.78. The number of ether oxygens (including phenoxy) is 3. The molecule has 0 aliphatic rings. The molecule has 0 radical (unpaired) electrons. The number of aromatic nitrogens is 1. The lowest BCUT2D eigenvalue weighted by Crippen LogP contribution is -2.59. The van der Waals surface area contributed by atoms with E-state index in [1.54, 1.807) is 13.2 Å². The molecule has 0 saturated heterocycles. The van der Waals surface area contributed by atoms with Gasteiger partial charge in [0.1, 0.15) is 12.1 Å². The summed E-state index contributed by atoms with van der Waals surface area (Å²) < 4.78 is 14.8. The van der Waals surface area contributed by atoms with Crippen LogP contribution in [0.3, 0.4) is 0 Å². The zero-order chi connectivity index (χ0) is 39.3. The van der Waals surface area contributed by atoms with Crippen molar-refractivity contribution in [1.82, 2.24) is 26.3 Å². The molecule has 0 aliphatic carbocycles. The number of benzene rings is 2. The molecular weight excluding hydrogens is 678 g/mol. The molecule has 53 heavy (non-hydrogen) atoms. The maximum atomic E-state index is 13.9. The number of alkyl carbamates (subject to hydrolysis) is 2. The zero-order valence-corrected chi connectivity index (χ0v) is 32.2. The van der Waals surface area contributed by atoms with Crippen molar-refractivity contribution in [2.24, 2.45) is 10.8 Å². The number of carbonyl (C=O) groups is 4. The van der Waals surface area contributed by atoms with Gasteiger partial charge >= 0.3 is 12.2 Å². The summed E-state index contributed by atoms with van der Waals surface area (Å²) >= 11 is 0. The molecule has 0 fully saturated rings. The fourth-order valence-corrected chi connectivity index (χ4v) is 5.84. The minimum atomic E-state index is -1.17. The van der Waals surface area contributed by atoms with Crippen molar-refractivity contribution in [3.8, 4) is 17.1 Å². The molecule has 13 heteroatoms. The second-order valence-electron chi connectivity index (χ2n) is 15.1. The lowest BCUT2D eigenvalue weighted by atomic mass is 9.85. The molecule has 288 valence electrons. The summed E-state index contributed by atoms with van der Waals surface area (Å²) in [4.78, 5) is 56.6. The van der Waals surface area contributed by atoms with Crippen molar-refractivity contribution in [3.05, 3.63) is 83.9 Å². The predicted molar refractivity (Wildman–Crippen MR) is 202 cm³/mol. The van der Waals surface area contributed by atoms with Crippen LogP contribution in [0.5, 0.6) is 5.88 Å². The van der Waals surface area contributed by atoms with Crippen molar-refractivity contribution >= 4 is 24.0 Å². The fourth-order valence-electron chi connectivity index (χ4n) is 5.84. The largest absolute Gasteiger partial charge is 0.481 e. The van der Waals surface area contributed by atoms with E-state index in [-0.39, 0.29) is 12.8 Å². The van der Waals surface area contributed by atoms with Gasteiger partial charge < -0.3 is 40.6 Å². The summed E-state index contributed by atoms with van der Waals surface area (Å²) in [5.74, 6) is -0.477. The van der Waals surface area contributed by atoms with Crippen molar-refractivity contribution < 1.29 is 38.5 Å². The standard InChI is InChI=1S/C40H55N5O8/c1-39(2,3)33(44-37(49)52-8)35(47)41-28(22-25-14-11-10-12-15-25)24-31(46)30(43-36(48)34(40(4,5)6)45-38(50)53-9)23-26-18-20-27(21-19-26)29-16-13-17-32(42-29)51-7/h10-21,28,30-31,33-34,46H,22-24H2,1-9H3,(H,41,47)(H,43,48)(H,44,49)(H,45,50). The molecule has 0 bridgehead atoms. The molecule has 1 aromatic heterocycles. The van der Waals surface area contributed by atoms with Gasteiger partial charge in [0.25, 0.3) is 0 Å². The Labute approximate surface area is 312 Å². The molecular formula is C40H55N5O8. The van der Waals surface area contributed by atoms with Crippen LogP contribution >= 0.6 is 0 Å². The Morgan fingerprint density at radius 3 is 1.70 bits per heavy atom. The number of pyridine rings is 1. The molecule has 13 nitrogen and oxygen atoms in total. The Bertz CT molecular complexity index is 1650. The second-order valence-corrected chi connectivity index (χ2v) is 15.1. The van der Waals surface area contributed by atoms with Crippen LogP contribution in [-0.4, -0.2) is 85.7 Å². The molecule has 0 saturated carbocycles. The normalized spacial score (nSPS) is 14.4. The van der Waals surface area contributed by atoms with E-state index in [9.17, 15) is 24.3 Å². The van der Waals surface area contributed by atoms with Crippen LogP contribution in [0.4, 0.5) is 9.59 Å². The average molecular weight is 734 g/mol. The molecule has 3 aromatic rings. The van der Waals surface area contributed by atoms with E-state index in [0.717, 1.165) is 22.4 Å². The molecule has 5 unspecified atom stereocenters. The number of methoxy groups -OCH3 is 3. The summed E-state index contributed by atoms with van der Waals surface area (Å²) in [5, 5.41) is 23.3. The number of aliphatic hydroxyl groups is 1. The molecule has 2 aromatic carbocycles. The Morgan fingerprint density at radius 1 is 0.660 bits per heavy atom. The van der Waals surface area contributed by atoms with Gasteiger partial charge in [0, 0.05) is 17.7 Å². The first kappa shape index (κ1) is 42.2. The maximum Gasteiger partial charge on any atom is 0.407 e. The Balaban J connectivity index is 1.97. The number of amides is 4. The van der Waals surface area contributed by atoms with Gasteiger partial charge in [-0.2, -0.15) is 0 Å². The Kier molecular flexibility index (Phi) is 15.2. The van der Waals surface area contributed by atoms with E-state index in [1.165, 1.54) is 14.2 Å². The molecule has 4 amide bonds. The van der Waals surface area contributed by atoms with E-state index in [4.69, 9.17) is 14.2 Å². The smallest absolute Gasteiger partial charge is 0.407 e. The highest BCUT2D eigenvalue weighted by molar-refractivity contribution is 5.87. The van der Waals surface area contributed by atoms with Crippen molar-refractivity contribution in [2.45, 2.75) is 91.1 Å². The topological polar surface area (TPSA) is 177 Å². The van der Waals surface area contributed by atoms with Crippen LogP contribution < -0.4 is 26.0 Å². The number of nitrogens with one attached hydrogen (secondary N) is 4. The highest BCUT2D eigenvalue weighted by Gasteiger charge is 2.37. The lowest BCUT2D eigenvalue weighted by molar-refractivity contribution is -0.128. The lowest BCUT2D eigenvalue weighted by Gasteiger charge is -2.34. The van der Waals surface area contributed by atoms with Gasteiger partial charge in [-0.3, -0.25) is 9.59 Å². The first-order valence-electron chi connectivity index (χ1n) is 17.6. The molecule has 0 aliphatic heterocycles. The zero-order valence-electron chi connectivity index (χ0n) is 32.2. The van der Waals surface area contributed by atoms with E-state index in [2.05, 4.69) is 26.3 Å². The van der Waals surface area contributed by atoms with Crippen LogP contribution in [0.2, 0.25) is 0 Å².